The van der Waals surface area contributed by atoms with E-state index in [1.54, 1.807) is 0 Å². The minimum absolute atomic E-state index is 0.00586. The number of aryl methyl sites for hydroxylation is 2. The van der Waals surface area contributed by atoms with Gasteiger partial charge in [0.1, 0.15) is 5.75 Å². The number of hydrogen-bond donors (Lipinski definition) is 1. The van der Waals surface area contributed by atoms with Crippen molar-refractivity contribution in [2.75, 3.05) is 26.7 Å². The van der Waals surface area contributed by atoms with Gasteiger partial charge in [0.15, 0.2) is 6.10 Å². The molecule has 1 N–H and O–H groups in total. The molecule has 1 atom stereocenters. The number of hydrogen-bond acceptors (Lipinski definition) is 3. The first-order valence-electron chi connectivity index (χ1n) is 9.19. The molecule has 1 saturated heterocycles. The molecule has 1 aromatic rings. The predicted molar refractivity (Wildman–Crippen MR) is 98.5 cm³/mol. The number of piperidine rings is 1. The molecule has 1 aliphatic rings. The van der Waals surface area contributed by atoms with Gasteiger partial charge in [-0.3, -0.25) is 4.79 Å². The van der Waals surface area contributed by atoms with E-state index in [2.05, 4.69) is 23.3 Å². The summed E-state index contributed by atoms with van der Waals surface area (Å²) in [6, 6.07) is 6.10. The molecular weight excluding hydrogens is 300 g/mol. The van der Waals surface area contributed by atoms with Crippen molar-refractivity contribution < 1.29 is 9.53 Å². The van der Waals surface area contributed by atoms with Gasteiger partial charge in [-0.25, -0.2) is 0 Å². The number of carbonyl (C=O) groups excluding carboxylic acids is 1. The molecule has 0 spiro atoms. The summed E-state index contributed by atoms with van der Waals surface area (Å²) >= 11 is 0. The number of carbonyl (C=O) groups is 1. The van der Waals surface area contributed by atoms with Gasteiger partial charge in [0.2, 0.25) is 0 Å². The van der Waals surface area contributed by atoms with Gasteiger partial charge in [-0.05, 0) is 82.8 Å². The van der Waals surface area contributed by atoms with Crippen molar-refractivity contribution in [3.63, 3.8) is 0 Å². The van der Waals surface area contributed by atoms with Gasteiger partial charge in [-0.2, -0.15) is 0 Å². The lowest BCUT2D eigenvalue weighted by atomic mass is 9.94. The number of amides is 1. The van der Waals surface area contributed by atoms with Gasteiger partial charge >= 0.3 is 0 Å². The van der Waals surface area contributed by atoms with E-state index in [-0.39, 0.29) is 5.91 Å². The second-order valence-electron chi connectivity index (χ2n) is 7.11. The Labute approximate surface area is 146 Å². The Morgan fingerprint density at radius 1 is 1.33 bits per heavy atom. The van der Waals surface area contributed by atoms with Gasteiger partial charge in [-0.15, -0.1) is 0 Å². The monoisotopic (exact) mass is 332 g/mol. The molecule has 4 nitrogen and oxygen atoms in total. The van der Waals surface area contributed by atoms with Crippen LogP contribution in [-0.4, -0.2) is 43.6 Å². The van der Waals surface area contributed by atoms with Crippen LogP contribution < -0.4 is 10.1 Å². The van der Waals surface area contributed by atoms with E-state index in [1.807, 2.05) is 32.9 Å². The highest BCUT2D eigenvalue weighted by molar-refractivity contribution is 5.81. The standard InChI is InChI=1S/C20H32N2O2/c1-5-18(24-19-14-15(2)6-7-16(19)3)20(23)21-11-8-17-9-12-22(4)13-10-17/h6-7,14,17-18H,5,8-13H2,1-4H3,(H,21,23)/t18-/m0/s1. The van der Waals surface area contributed by atoms with Crippen LogP contribution in [0.5, 0.6) is 5.75 Å². The van der Waals surface area contributed by atoms with E-state index in [4.69, 9.17) is 4.74 Å². The van der Waals surface area contributed by atoms with Gasteiger partial charge in [0, 0.05) is 6.54 Å². The number of nitrogens with zero attached hydrogens (tertiary/aromatic N) is 1. The number of rotatable bonds is 7. The SMILES string of the molecule is CC[C@H](Oc1cc(C)ccc1C)C(=O)NCCC1CCN(C)CC1. The largest absolute Gasteiger partial charge is 0.480 e. The Balaban J connectivity index is 1.79. The van der Waals surface area contributed by atoms with Gasteiger partial charge in [-0.1, -0.05) is 19.1 Å². The van der Waals surface area contributed by atoms with Crippen molar-refractivity contribution in [1.82, 2.24) is 10.2 Å². The lowest BCUT2D eigenvalue weighted by Gasteiger charge is -2.29. The maximum absolute atomic E-state index is 12.4. The zero-order valence-corrected chi connectivity index (χ0v) is 15.6. The van der Waals surface area contributed by atoms with Crippen LogP contribution in [0.4, 0.5) is 0 Å². The normalized spacial score (nSPS) is 17.5. The van der Waals surface area contributed by atoms with Crippen LogP contribution in [0.3, 0.4) is 0 Å². The van der Waals surface area contributed by atoms with E-state index < -0.39 is 6.10 Å². The van der Waals surface area contributed by atoms with Crippen LogP contribution in [0.2, 0.25) is 0 Å². The van der Waals surface area contributed by atoms with Crippen LogP contribution in [-0.2, 0) is 4.79 Å². The predicted octanol–water partition coefficient (Wildman–Crippen LogP) is 3.31. The first-order chi connectivity index (χ1) is 11.5. The summed E-state index contributed by atoms with van der Waals surface area (Å²) < 4.78 is 5.97. The average molecular weight is 332 g/mol. The fraction of sp³-hybridized carbons (Fsp3) is 0.650. The van der Waals surface area contributed by atoms with Crippen molar-refractivity contribution in [2.24, 2.45) is 5.92 Å². The highest BCUT2D eigenvalue weighted by Crippen LogP contribution is 2.22. The van der Waals surface area contributed by atoms with Crippen LogP contribution >= 0.6 is 0 Å². The molecule has 1 aliphatic heterocycles. The number of nitrogens with one attached hydrogen (secondary N) is 1. The minimum atomic E-state index is -0.414. The second kappa shape index (κ2) is 9.07. The molecule has 0 unspecified atom stereocenters. The summed E-state index contributed by atoms with van der Waals surface area (Å²) in [5.41, 5.74) is 2.21. The van der Waals surface area contributed by atoms with E-state index in [1.165, 1.54) is 25.9 Å². The molecule has 24 heavy (non-hydrogen) atoms. The Bertz CT molecular complexity index is 536. The zero-order valence-electron chi connectivity index (χ0n) is 15.6. The maximum Gasteiger partial charge on any atom is 0.261 e. The van der Waals surface area contributed by atoms with Gasteiger partial charge in [0.05, 0.1) is 0 Å². The fourth-order valence-corrected chi connectivity index (χ4v) is 3.17. The third-order valence-electron chi connectivity index (χ3n) is 4.97. The molecule has 1 aromatic carbocycles. The van der Waals surface area contributed by atoms with E-state index in [9.17, 15) is 4.79 Å². The molecular formula is C20H32N2O2. The smallest absolute Gasteiger partial charge is 0.261 e. The molecule has 0 aromatic heterocycles. The second-order valence-corrected chi connectivity index (χ2v) is 7.11. The summed E-state index contributed by atoms with van der Waals surface area (Å²) in [4.78, 5) is 14.8. The lowest BCUT2D eigenvalue weighted by Crippen LogP contribution is -2.39. The molecule has 0 bridgehead atoms. The Morgan fingerprint density at radius 3 is 2.71 bits per heavy atom. The molecule has 4 heteroatoms. The molecule has 0 radical (unpaired) electrons. The summed E-state index contributed by atoms with van der Waals surface area (Å²) in [6.45, 7) is 9.14. The third-order valence-corrected chi connectivity index (χ3v) is 4.97. The van der Waals surface area contributed by atoms with Gasteiger partial charge < -0.3 is 15.0 Å². The van der Waals surface area contributed by atoms with Crippen LogP contribution in [0.15, 0.2) is 18.2 Å². The van der Waals surface area contributed by atoms with Crippen LogP contribution in [0.1, 0.15) is 43.7 Å². The molecule has 134 valence electrons. The number of ether oxygens (including phenoxy) is 1. The highest BCUT2D eigenvalue weighted by atomic mass is 16.5. The van der Waals surface area contributed by atoms with Gasteiger partial charge in [0.25, 0.3) is 5.91 Å². The van der Waals surface area contributed by atoms with E-state index in [0.29, 0.717) is 6.42 Å². The Hall–Kier alpha value is -1.55. The van der Waals surface area contributed by atoms with Crippen molar-refractivity contribution in [2.45, 2.75) is 52.6 Å². The summed E-state index contributed by atoms with van der Waals surface area (Å²) in [6.07, 6.45) is 3.81. The molecule has 0 saturated carbocycles. The van der Waals surface area contributed by atoms with E-state index >= 15 is 0 Å². The third kappa shape index (κ3) is 5.52. The highest BCUT2D eigenvalue weighted by Gasteiger charge is 2.20. The zero-order chi connectivity index (χ0) is 17.5. The molecule has 1 amide bonds. The molecule has 0 aliphatic carbocycles. The first-order valence-corrected chi connectivity index (χ1v) is 9.19. The quantitative estimate of drug-likeness (QED) is 0.833. The lowest BCUT2D eigenvalue weighted by molar-refractivity contribution is -0.128. The summed E-state index contributed by atoms with van der Waals surface area (Å²) in [7, 11) is 2.18. The van der Waals surface area contributed by atoms with Crippen LogP contribution in [0, 0.1) is 19.8 Å². The summed E-state index contributed by atoms with van der Waals surface area (Å²) in [5.74, 6) is 1.56. The molecule has 1 fully saturated rings. The van der Waals surface area contributed by atoms with Crippen molar-refractivity contribution in [3.05, 3.63) is 29.3 Å². The van der Waals surface area contributed by atoms with Crippen molar-refractivity contribution >= 4 is 5.91 Å². The first kappa shape index (κ1) is 18.8. The van der Waals surface area contributed by atoms with Crippen molar-refractivity contribution in [3.8, 4) is 5.75 Å². The van der Waals surface area contributed by atoms with Crippen LogP contribution in [0.25, 0.3) is 0 Å². The number of benzene rings is 1. The Morgan fingerprint density at radius 2 is 2.04 bits per heavy atom. The number of likely N-dealkylation sites (tertiary alicyclic amines) is 1. The van der Waals surface area contributed by atoms with E-state index in [0.717, 1.165) is 35.8 Å². The Kier molecular flexibility index (Phi) is 7.10. The average Bonchev–Trinajstić information content (AvgIpc) is 2.57. The minimum Gasteiger partial charge on any atom is -0.480 e. The molecule has 2 rings (SSSR count). The maximum atomic E-state index is 12.4. The summed E-state index contributed by atoms with van der Waals surface area (Å²) in [5, 5.41) is 3.07. The fourth-order valence-electron chi connectivity index (χ4n) is 3.17. The molecule has 1 heterocycles. The van der Waals surface area contributed by atoms with Crippen molar-refractivity contribution in [1.29, 1.82) is 0 Å². The topological polar surface area (TPSA) is 41.6 Å².